The predicted molar refractivity (Wildman–Crippen MR) is 106 cm³/mol. The molecule has 0 atom stereocenters. The third kappa shape index (κ3) is 5.23. The monoisotopic (exact) mass is 459 g/mol. The maximum Gasteiger partial charge on any atom is 0.433 e. The Hall–Kier alpha value is -2.33. The van der Waals surface area contributed by atoms with Crippen LogP contribution in [0, 0.1) is 0 Å². The van der Waals surface area contributed by atoms with Gasteiger partial charge in [0.1, 0.15) is 0 Å². The van der Waals surface area contributed by atoms with Crippen LogP contribution in [0.5, 0.6) is 0 Å². The van der Waals surface area contributed by atoms with Gasteiger partial charge in [0.25, 0.3) is 0 Å². The summed E-state index contributed by atoms with van der Waals surface area (Å²) in [5.74, 6) is -1.35. The minimum absolute atomic E-state index is 0.104. The molecule has 1 aliphatic rings. The molecule has 0 saturated heterocycles. The molecule has 1 aromatic heterocycles. The highest BCUT2D eigenvalue weighted by molar-refractivity contribution is 7.99. The fourth-order valence-electron chi connectivity index (χ4n) is 3.05. The van der Waals surface area contributed by atoms with Crippen molar-refractivity contribution in [2.24, 2.45) is 0 Å². The molecule has 0 aliphatic heterocycles. The van der Waals surface area contributed by atoms with E-state index in [0.717, 1.165) is 18.2 Å². The molecule has 0 fully saturated rings. The van der Waals surface area contributed by atoms with Crippen LogP contribution >= 0.6 is 23.4 Å². The number of carbonyl (C=O) groups is 2. The number of benzene rings is 1. The second-order valence-electron chi connectivity index (χ2n) is 6.51. The maximum atomic E-state index is 13.4. The lowest BCUT2D eigenvalue weighted by atomic mass is 9.94. The molecular formula is C19H17ClF3N3O3S. The van der Waals surface area contributed by atoms with Crippen molar-refractivity contribution in [2.75, 3.05) is 18.2 Å². The van der Waals surface area contributed by atoms with E-state index in [9.17, 15) is 22.8 Å². The SMILES string of the molecule is COC(=O)c1ccc(Cl)c(NC(=O)CSc2nc3c(c(C(F)(F)F)n2)CCCC3)c1. The molecule has 1 aromatic carbocycles. The van der Waals surface area contributed by atoms with Gasteiger partial charge in [-0.25, -0.2) is 14.8 Å². The third-order valence-corrected chi connectivity index (χ3v) is 5.60. The number of nitrogens with one attached hydrogen (secondary N) is 1. The lowest BCUT2D eigenvalue weighted by Gasteiger charge is -2.20. The van der Waals surface area contributed by atoms with Gasteiger partial charge in [0, 0.05) is 11.3 Å². The summed E-state index contributed by atoms with van der Waals surface area (Å²) in [4.78, 5) is 31.8. The summed E-state index contributed by atoms with van der Waals surface area (Å²) in [6, 6.07) is 4.23. The molecule has 1 heterocycles. The number of aryl methyl sites for hydroxylation is 1. The van der Waals surface area contributed by atoms with Crippen molar-refractivity contribution in [1.29, 1.82) is 0 Å². The van der Waals surface area contributed by atoms with E-state index in [0.29, 0.717) is 25.0 Å². The molecular weight excluding hydrogens is 443 g/mol. The van der Waals surface area contributed by atoms with Crippen molar-refractivity contribution in [3.05, 3.63) is 45.7 Å². The van der Waals surface area contributed by atoms with E-state index in [1.165, 1.54) is 25.3 Å². The summed E-state index contributed by atoms with van der Waals surface area (Å²) < 4.78 is 44.8. The molecule has 3 rings (SSSR count). The number of ether oxygens (including phenoxy) is 1. The van der Waals surface area contributed by atoms with Gasteiger partial charge >= 0.3 is 12.1 Å². The second kappa shape index (κ2) is 9.22. The molecule has 1 amide bonds. The molecule has 2 aromatic rings. The van der Waals surface area contributed by atoms with E-state index in [2.05, 4.69) is 20.0 Å². The molecule has 0 unspecified atom stereocenters. The van der Waals surface area contributed by atoms with Crippen LogP contribution in [0.15, 0.2) is 23.4 Å². The highest BCUT2D eigenvalue weighted by atomic mass is 35.5. The topological polar surface area (TPSA) is 81.2 Å². The maximum absolute atomic E-state index is 13.4. The molecule has 30 heavy (non-hydrogen) atoms. The number of alkyl halides is 3. The van der Waals surface area contributed by atoms with Gasteiger partial charge in [-0.15, -0.1) is 0 Å². The number of aromatic nitrogens is 2. The first kappa shape index (κ1) is 22.4. The Morgan fingerprint density at radius 1 is 1.23 bits per heavy atom. The predicted octanol–water partition coefficient (Wildman–Crippen LogP) is 4.55. The van der Waals surface area contributed by atoms with Gasteiger partial charge in [-0.1, -0.05) is 23.4 Å². The number of anilines is 1. The van der Waals surface area contributed by atoms with E-state index in [1.807, 2.05) is 0 Å². The van der Waals surface area contributed by atoms with E-state index < -0.39 is 23.7 Å². The Labute approximate surface area is 179 Å². The number of carbonyl (C=O) groups excluding carboxylic acids is 2. The Morgan fingerprint density at radius 3 is 2.67 bits per heavy atom. The van der Waals surface area contributed by atoms with Gasteiger partial charge in [0.05, 0.1) is 29.1 Å². The molecule has 0 spiro atoms. The number of fused-ring (bicyclic) bond motifs is 1. The Bertz CT molecular complexity index is 985. The number of esters is 1. The van der Waals surface area contributed by atoms with Crippen molar-refractivity contribution in [2.45, 2.75) is 37.0 Å². The summed E-state index contributed by atoms with van der Waals surface area (Å²) in [6.45, 7) is 0. The fourth-order valence-corrected chi connectivity index (χ4v) is 3.88. The molecule has 11 heteroatoms. The lowest BCUT2D eigenvalue weighted by molar-refractivity contribution is -0.142. The summed E-state index contributed by atoms with van der Waals surface area (Å²) in [6.07, 6.45) is -2.40. The first-order chi connectivity index (χ1) is 14.2. The molecule has 1 N–H and O–H groups in total. The molecule has 0 saturated carbocycles. The molecule has 0 bridgehead atoms. The normalized spacial score (nSPS) is 13.5. The number of rotatable bonds is 5. The summed E-state index contributed by atoms with van der Waals surface area (Å²) in [5.41, 5.74) is -0.0107. The zero-order valence-electron chi connectivity index (χ0n) is 15.8. The van der Waals surface area contributed by atoms with Gasteiger partial charge in [0.2, 0.25) is 5.91 Å². The van der Waals surface area contributed by atoms with Crippen molar-refractivity contribution in [1.82, 2.24) is 9.97 Å². The van der Waals surface area contributed by atoms with Crippen LogP contribution in [0.2, 0.25) is 5.02 Å². The van der Waals surface area contributed by atoms with E-state index in [4.69, 9.17) is 11.6 Å². The van der Waals surface area contributed by atoms with Gasteiger partial charge in [-0.3, -0.25) is 4.79 Å². The number of nitrogens with zero attached hydrogens (tertiary/aromatic N) is 2. The van der Waals surface area contributed by atoms with E-state index in [1.54, 1.807) is 0 Å². The van der Waals surface area contributed by atoms with Crippen LogP contribution in [0.1, 0.15) is 40.2 Å². The number of methoxy groups -OCH3 is 1. The largest absolute Gasteiger partial charge is 0.465 e. The minimum atomic E-state index is -4.58. The van der Waals surface area contributed by atoms with Gasteiger partial charge < -0.3 is 10.1 Å². The second-order valence-corrected chi connectivity index (χ2v) is 7.86. The van der Waals surface area contributed by atoms with Crippen molar-refractivity contribution < 1.29 is 27.5 Å². The zero-order valence-corrected chi connectivity index (χ0v) is 17.4. The summed E-state index contributed by atoms with van der Waals surface area (Å²) in [7, 11) is 1.22. The average Bonchev–Trinajstić information content (AvgIpc) is 2.72. The van der Waals surface area contributed by atoms with Crippen LogP contribution in [0.25, 0.3) is 0 Å². The van der Waals surface area contributed by atoms with Crippen molar-refractivity contribution in [3.8, 4) is 0 Å². The minimum Gasteiger partial charge on any atom is -0.465 e. The number of amides is 1. The average molecular weight is 460 g/mol. The third-order valence-electron chi connectivity index (χ3n) is 4.43. The standard InChI is InChI=1S/C19H17ClF3N3O3S/c1-29-17(28)10-6-7-12(20)14(8-10)24-15(27)9-30-18-25-13-5-3-2-4-11(13)16(26-18)19(21,22)23/h6-8H,2-5,9H2,1H3,(H,24,27). The number of hydrogen-bond acceptors (Lipinski definition) is 6. The molecule has 1 aliphatic carbocycles. The quantitative estimate of drug-likeness (QED) is 0.401. The summed E-state index contributed by atoms with van der Waals surface area (Å²) in [5, 5.41) is 2.63. The molecule has 160 valence electrons. The summed E-state index contributed by atoms with van der Waals surface area (Å²) >= 11 is 6.84. The Balaban J connectivity index is 1.73. The molecule has 0 radical (unpaired) electrons. The van der Waals surface area contributed by atoms with Crippen LogP contribution < -0.4 is 5.32 Å². The van der Waals surface area contributed by atoms with Gasteiger partial charge in [0.15, 0.2) is 10.9 Å². The molecule has 6 nitrogen and oxygen atoms in total. The van der Waals surface area contributed by atoms with Crippen LogP contribution in [-0.2, 0) is 28.5 Å². The first-order valence-electron chi connectivity index (χ1n) is 8.96. The number of thioether (sulfide) groups is 1. The van der Waals surface area contributed by atoms with Crippen LogP contribution in [0.3, 0.4) is 0 Å². The van der Waals surface area contributed by atoms with Crippen LogP contribution in [-0.4, -0.2) is 34.7 Å². The van der Waals surface area contributed by atoms with Gasteiger partial charge in [-0.2, -0.15) is 13.2 Å². The fraction of sp³-hybridized carbons (Fsp3) is 0.368. The highest BCUT2D eigenvalue weighted by Crippen LogP contribution is 2.35. The lowest BCUT2D eigenvalue weighted by Crippen LogP contribution is -2.20. The zero-order chi connectivity index (χ0) is 21.9. The van der Waals surface area contributed by atoms with Crippen LogP contribution in [0.4, 0.5) is 18.9 Å². The van der Waals surface area contributed by atoms with E-state index in [-0.39, 0.29) is 32.7 Å². The Kier molecular flexibility index (Phi) is 6.87. The van der Waals surface area contributed by atoms with E-state index >= 15 is 0 Å². The van der Waals surface area contributed by atoms with Crippen molar-refractivity contribution in [3.63, 3.8) is 0 Å². The smallest absolute Gasteiger partial charge is 0.433 e. The first-order valence-corrected chi connectivity index (χ1v) is 10.3. The Morgan fingerprint density at radius 2 is 1.97 bits per heavy atom. The number of halogens is 4. The van der Waals surface area contributed by atoms with Gasteiger partial charge in [-0.05, 0) is 43.9 Å². The van der Waals surface area contributed by atoms with Crippen molar-refractivity contribution >= 4 is 40.9 Å². The number of hydrogen-bond donors (Lipinski definition) is 1. The highest BCUT2D eigenvalue weighted by Gasteiger charge is 2.38.